The average molecular weight is 537 g/mol. The second kappa shape index (κ2) is 8.67. The third-order valence-corrected chi connectivity index (χ3v) is 9.45. The smallest absolute Gasteiger partial charge is 0.315 e. The molecule has 11 atom stereocenters. The highest BCUT2D eigenvalue weighted by Crippen LogP contribution is 2.77. The van der Waals surface area contributed by atoms with Gasteiger partial charge in [0.15, 0.2) is 6.10 Å². The van der Waals surface area contributed by atoms with Crippen molar-refractivity contribution in [2.24, 2.45) is 34.5 Å². The number of hydrogen-bond acceptors (Lipinski definition) is 11. The van der Waals surface area contributed by atoms with Gasteiger partial charge in [-0.1, -0.05) is 0 Å². The van der Waals surface area contributed by atoms with Crippen molar-refractivity contribution in [3.63, 3.8) is 0 Å². The minimum Gasteiger partial charge on any atom is -0.462 e. The Kier molecular flexibility index (Phi) is 6.15. The fourth-order valence-corrected chi connectivity index (χ4v) is 7.82. The van der Waals surface area contributed by atoms with Crippen LogP contribution in [0.5, 0.6) is 0 Å². The average Bonchev–Trinajstić information content (AvgIpc) is 3.19. The SMILES string of the molecule is CC(=O)OC(C)C(C)C(=O)O[C@@H]1OC=C2[C@H]3OC(=O)[C@]4(C)[C@@H](C[C@]25[C@H]1C[C@@H](O)[C@@H]45)[C@@H]3OC(=O)CC(C)(C)O. The first-order chi connectivity index (χ1) is 17.6. The highest BCUT2D eigenvalue weighted by Gasteiger charge is 2.82. The molecule has 1 spiro atoms. The minimum absolute atomic E-state index is 0.231. The van der Waals surface area contributed by atoms with Gasteiger partial charge in [-0.3, -0.25) is 19.2 Å². The normalized spacial score (nSPS) is 41.7. The summed E-state index contributed by atoms with van der Waals surface area (Å²) in [6.45, 7) is 9.22. The topological polar surface area (TPSA) is 155 Å². The first kappa shape index (κ1) is 26.9. The Labute approximate surface area is 220 Å². The van der Waals surface area contributed by atoms with Gasteiger partial charge in [0.05, 0.1) is 35.7 Å². The van der Waals surface area contributed by atoms with Crippen LogP contribution in [0.2, 0.25) is 0 Å². The van der Waals surface area contributed by atoms with Gasteiger partial charge in [-0.2, -0.15) is 0 Å². The van der Waals surface area contributed by atoms with Gasteiger partial charge in [0.1, 0.15) is 12.2 Å². The second-order valence-corrected chi connectivity index (χ2v) is 12.4. The maximum Gasteiger partial charge on any atom is 0.315 e. The number of aliphatic hydroxyl groups is 2. The molecule has 11 heteroatoms. The molecule has 2 heterocycles. The van der Waals surface area contributed by atoms with E-state index in [1.807, 2.05) is 0 Å². The van der Waals surface area contributed by atoms with E-state index in [-0.39, 0.29) is 12.8 Å². The summed E-state index contributed by atoms with van der Waals surface area (Å²) in [6.07, 6.45) is -2.47. The van der Waals surface area contributed by atoms with Crippen molar-refractivity contribution in [3.05, 3.63) is 11.8 Å². The molecular formula is C27H36O11. The van der Waals surface area contributed by atoms with Crippen LogP contribution < -0.4 is 0 Å². The summed E-state index contributed by atoms with van der Waals surface area (Å²) in [5.41, 5.74) is -2.54. The first-order valence-corrected chi connectivity index (χ1v) is 13.2. The molecule has 0 aromatic rings. The van der Waals surface area contributed by atoms with Crippen LogP contribution in [0.1, 0.15) is 60.8 Å². The van der Waals surface area contributed by atoms with Crippen molar-refractivity contribution >= 4 is 23.9 Å². The maximum atomic E-state index is 13.4. The monoisotopic (exact) mass is 536 g/mol. The summed E-state index contributed by atoms with van der Waals surface area (Å²) in [4.78, 5) is 50.4. The number of aliphatic hydroxyl groups excluding tert-OH is 1. The van der Waals surface area contributed by atoms with Gasteiger partial charge < -0.3 is 33.9 Å². The Morgan fingerprint density at radius 1 is 1.21 bits per heavy atom. The molecule has 0 amide bonds. The van der Waals surface area contributed by atoms with E-state index in [0.717, 1.165) is 0 Å². The summed E-state index contributed by atoms with van der Waals surface area (Å²) in [5, 5.41) is 21.4. The predicted molar refractivity (Wildman–Crippen MR) is 126 cm³/mol. The lowest BCUT2D eigenvalue weighted by molar-refractivity contribution is -0.214. The van der Waals surface area contributed by atoms with Gasteiger partial charge in [-0.05, 0) is 47.5 Å². The van der Waals surface area contributed by atoms with Crippen LogP contribution >= 0.6 is 0 Å². The van der Waals surface area contributed by atoms with E-state index in [4.69, 9.17) is 23.7 Å². The lowest BCUT2D eigenvalue weighted by Gasteiger charge is -2.51. The largest absolute Gasteiger partial charge is 0.462 e. The molecule has 2 unspecified atom stereocenters. The lowest BCUT2D eigenvalue weighted by atomic mass is 9.61. The van der Waals surface area contributed by atoms with E-state index in [9.17, 15) is 29.4 Å². The summed E-state index contributed by atoms with van der Waals surface area (Å²) in [5.74, 6) is -4.39. The van der Waals surface area contributed by atoms with Gasteiger partial charge in [0, 0.05) is 35.7 Å². The molecule has 0 aromatic heterocycles. The third-order valence-electron chi connectivity index (χ3n) is 9.45. The maximum absolute atomic E-state index is 13.4. The standard InChI is InChI=1S/C27H36O11/c1-11(12(2)35-13(3)28)22(31)38-23-14-7-17(29)21-26(6)15-8-27(14,21)16(10-34-23)20(37-24(26)32)19(15)36-18(30)9-25(4,5)33/h10-12,14-15,17,19-21,23,29,33H,7-9H2,1-6H3/t11?,12?,14-,15-,17+,19-,20+,21-,23-,26+,27-/m0/s1. The predicted octanol–water partition coefficient (Wildman–Crippen LogP) is 1.38. The molecule has 1 saturated heterocycles. The Morgan fingerprint density at radius 2 is 1.89 bits per heavy atom. The fourth-order valence-electron chi connectivity index (χ4n) is 7.82. The van der Waals surface area contributed by atoms with E-state index < -0.39 is 94.7 Å². The molecule has 3 bridgehead atoms. The van der Waals surface area contributed by atoms with Crippen molar-refractivity contribution in [1.82, 2.24) is 0 Å². The van der Waals surface area contributed by atoms with Gasteiger partial charge in [-0.15, -0.1) is 0 Å². The van der Waals surface area contributed by atoms with Crippen LogP contribution in [-0.4, -0.2) is 70.4 Å². The number of ether oxygens (including phenoxy) is 5. The summed E-state index contributed by atoms with van der Waals surface area (Å²) in [7, 11) is 0. The third kappa shape index (κ3) is 3.76. The van der Waals surface area contributed by atoms with Crippen molar-refractivity contribution < 1.29 is 53.1 Å². The van der Waals surface area contributed by atoms with Crippen LogP contribution in [0.4, 0.5) is 0 Å². The van der Waals surface area contributed by atoms with Gasteiger partial charge in [0.2, 0.25) is 6.29 Å². The molecule has 2 N–H and O–H groups in total. The van der Waals surface area contributed by atoms with Gasteiger partial charge in [0.25, 0.3) is 0 Å². The fraction of sp³-hybridized carbons (Fsp3) is 0.778. The highest BCUT2D eigenvalue weighted by atomic mass is 16.7. The molecule has 3 aliphatic carbocycles. The number of carbonyl (C=O) groups is 4. The van der Waals surface area contributed by atoms with E-state index in [2.05, 4.69) is 0 Å². The van der Waals surface area contributed by atoms with E-state index in [1.165, 1.54) is 27.0 Å². The van der Waals surface area contributed by atoms with Crippen LogP contribution in [0, 0.1) is 34.5 Å². The number of fused-ring (bicyclic) bond motifs is 3. The van der Waals surface area contributed by atoms with Crippen LogP contribution in [0.25, 0.3) is 0 Å². The second-order valence-electron chi connectivity index (χ2n) is 12.4. The summed E-state index contributed by atoms with van der Waals surface area (Å²) < 4.78 is 28.5. The summed E-state index contributed by atoms with van der Waals surface area (Å²) in [6, 6.07) is 0. The molecule has 5 aliphatic rings. The molecule has 2 aliphatic heterocycles. The van der Waals surface area contributed by atoms with E-state index in [0.29, 0.717) is 12.0 Å². The molecule has 38 heavy (non-hydrogen) atoms. The molecule has 0 aromatic carbocycles. The van der Waals surface area contributed by atoms with E-state index in [1.54, 1.807) is 20.8 Å². The number of esters is 4. The minimum atomic E-state index is -1.27. The number of carbonyl (C=O) groups excluding carboxylic acids is 4. The van der Waals surface area contributed by atoms with Crippen LogP contribution in [-0.2, 0) is 42.9 Å². The molecule has 0 radical (unpaired) electrons. The Hall–Kier alpha value is -2.66. The van der Waals surface area contributed by atoms with Crippen LogP contribution in [0.15, 0.2) is 11.8 Å². The number of rotatable bonds is 7. The number of hydrogen-bond donors (Lipinski definition) is 2. The zero-order valence-electron chi connectivity index (χ0n) is 22.5. The molecule has 11 nitrogen and oxygen atoms in total. The molecular weight excluding hydrogens is 500 g/mol. The van der Waals surface area contributed by atoms with Crippen LogP contribution in [0.3, 0.4) is 0 Å². The van der Waals surface area contributed by atoms with Gasteiger partial charge in [-0.25, -0.2) is 0 Å². The molecule has 3 saturated carbocycles. The van der Waals surface area contributed by atoms with Crippen molar-refractivity contribution in [2.75, 3.05) is 0 Å². The lowest BCUT2D eigenvalue weighted by Crippen LogP contribution is -2.58. The Morgan fingerprint density at radius 3 is 2.53 bits per heavy atom. The summed E-state index contributed by atoms with van der Waals surface area (Å²) >= 11 is 0. The highest BCUT2D eigenvalue weighted by molar-refractivity contribution is 5.82. The van der Waals surface area contributed by atoms with Crippen molar-refractivity contribution in [2.45, 2.75) is 97.1 Å². The molecule has 5 rings (SSSR count). The molecule has 4 fully saturated rings. The first-order valence-electron chi connectivity index (χ1n) is 13.2. The Bertz CT molecular complexity index is 1090. The zero-order chi connectivity index (χ0) is 27.9. The van der Waals surface area contributed by atoms with E-state index >= 15 is 0 Å². The van der Waals surface area contributed by atoms with Crippen molar-refractivity contribution in [3.8, 4) is 0 Å². The zero-order valence-corrected chi connectivity index (χ0v) is 22.5. The Balaban J connectivity index is 1.46. The quantitative estimate of drug-likeness (QED) is 0.358. The molecule has 210 valence electrons. The van der Waals surface area contributed by atoms with Crippen molar-refractivity contribution in [1.29, 1.82) is 0 Å². The van der Waals surface area contributed by atoms with Gasteiger partial charge >= 0.3 is 23.9 Å².